The van der Waals surface area contributed by atoms with Crippen LogP contribution in [0.5, 0.6) is 17.2 Å². The van der Waals surface area contributed by atoms with E-state index in [1.807, 2.05) is 0 Å². The van der Waals surface area contributed by atoms with Crippen molar-refractivity contribution in [2.45, 2.75) is 0 Å². The third kappa shape index (κ3) is 2.16. The molecule has 1 aromatic carbocycles. The summed E-state index contributed by atoms with van der Waals surface area (Å²) in [5.74, 6) is 1.49. The van der Waals surface area contributed by atoms with Gasteiger partial charge in [-0.25, -0.2) is 0 Å². The van der Waals surface area contributed by atoms with Crippen molar-refractivity contribution in [1.82, 2.24) is 0 Å². The monoisotopic (exact) mass is 222 g/mol. The normalized spacial score (nSPS) is 9.44. The van der Waals surface area contributed by atoms with Crippen molar-refractivity contribution in [3.05, 3.63) is 24.3 Å². The molecule has 16 heavy (non-hydrogen) atoms. The molecular weight excluding hydrogens is 208 g/mol. The minimum atomic E-state index is 0.360. The van der Waals surface area contributed by atoms with Crippen LogP contribution in [0.3, 0.4) is 0 Å². The molecule has 0 aromatic heterocycles. The number of methoxy groups -OCH3 is 3. The van der Waals surface area contributed by atoms with Crippen molar-refractivity contribution < 1.29 is 19.0 Å². The quantitative estimate of drug-likeness (QED) is 0.564. The van der Waals surface area contributed by atoms with Gasteiger partial charge in [0.2, 0.25) is 5.75 Å². The van der Waals surface area contributed by atoms with E-state index in [4.69, 9.17) is 14.2 Å². The zero-order valence-electron chi connectivity index (χ0n) is 9.57. The third-order valence-electron chi connectivity index (χ3n) is 2.18. The first-order chi connectivity index (χ1) is 7.67. The fourth-order valence-electron chi connectivity index (χ4n) is 1.33. The van der Waals surface area contributed by atoms with Crippen molar-refractivity contribution in [1.29, 1.82) is 0 Å². The summed E-state index contributed by atoms with van der Waals surface area (Å²) in [6.45, 7) is 3.63. The highest BCUT2D eigenvalue weighted by Crippen LogP contribution is 2.39. The van der Waals surface area contributed by atoms with Crippen LogP contribution >= 0.6 is 0 Å². The van der Waals surface area contributed by atoms with Gasteiger partial charge in [-0.15, -0.1) is 0 Å². The first-order valence-electron chi connectivity index (χ1n) is 4.62. The number of carbonyl (C=O) groups is 1. The van der Waals surface area contributed by atoms with Gasteiger partial charge < -0.3 is 14.2 Å². The molecule has 86 valence electrons. The second-order valence-electron chi connectivity index (χ2n) is 3.06. The number of rotatable bonds is 5. The number of hydrogen-bond donors (Lipinski definition) is 0. The molecule has 1 aromatic rings. The van der Waals surface area contributed by atoms with Gasteiger partial charge in [-0.05, 0) is 17.7 Å². The van der Waals surface area contributed by atoms with E-state index >= 15 is 0 Å². The molecule has 4 heteroatoms. The van der Waals surface area contributed by atoms with Crippen LogP contribution in [0.4, 0.5) is 0 Å². The molecule has 0 saturated heterocycles. The fourth-order valence-corrected chi connectivity index (χ4v) is 1.33. The number of ether oxygens (including phenoxy) is 3. The highest BCUT2D eigenvalue weighted by atomic mass is 16.5. The average molecular weight is 222 g/mol. The molecule has 0 unspecified atom stereocenters. The average Bonchev–Trinajstić information content (AvgIpc) is 2.35. The van der Waals surface area contributed by atoms with Gasteiger partial charge in [0.25, 0.3) is 0 Å². The maximum atomic E-state index is 10.6. The van der Waals surface area contributed by atoms with Gasteiger partial charge in [0.15, 0.2) is 11.5 Å². The van der Waals surface area contributed by atoms with Crippen LogP contribution in [-0.2, 0) is 4.79 Å². The molecule has 0 radical (unpaired) electrons. The molecule has 0 spiro atoms. The van der Waals surface area contributed by atoms with Crippen LogP contribution < -0.4 is 14.2 Å². The van der Waals surface area contributed by atoms with Gasteiger partial charge in [-0.3, -0.25) is 4.79 Å². The molecule has 0 amide bonds. The standard InChI is InChI=1S/C12H14O4/c1-8(7-13)9-5-10(14-2)12(16-4)11(6-9)15-3/h5-7H,1H2,2-4H3. The Morgan fingerprint density at radius 3 is 1.94 bits per heavy atom. The van der Waals surface area contributed by atoms with Gasteiger partial charge >= 0.3 is 0 Å². The lowest BCUT2D eigenvalue weighted by Gasteiger charge is -2.13. The SMILES string of the molecule is C=C(C=O)c1cc(OC)c(OC)c(OC)c1. The van der Waals surface area contributed by atoms with Crippen LogP contribution in [-0.4, -0.2) is 27.6 Å². The number of aldehydes is 1. The van der Waals surface area contributed by atoms with Gasteiger partial charge in [0.1, 0.15) is 6.29 Å². The number of carbonyl (C=O) groups excluding carboxylic acids is 1. The van der Waals surface area contributed by atoms with E-state index in [2.05, 4.69) is 6.58 Å². The van der Waals surface area contributed by atoms with E-state index in [0.717, 1.165) is 0 Å². The van der Waals surface area contributed by atoms with Crippen molar-refractivity contribution in [2.75, 3.05) is 21.3 Å². The van der Waals surface area contributed by atoms with Crippen molar-refractivity contribution in [3.63, 3.8) is 0 Å². The first-order valence-corrected chi connectivity index (χ1v) is 4.62. The van der Waals surface area contributed by atoms with Crippen LogP contribution in [0.25, 0.3) is 5.57 Å². The summed E-state index contributed by atoms with van der Waals surface area (Å²) in [5.41, 5.74) is 1.00. The predicted molar refractivity (Wildman–Crippen MR) is 61.2 cm³/mol. The second kappa shape index (κ2) is 5.21. The summed E-state index contributed by atoms with van der Waals surface area (Å²) in [6, 6.07) is 3.36. The van der Waals surface area contributed by atoms with Crippen LogP contribution in [0.1, 0.15) is 5.56 Å². The minimum Gasteiger partial charge on any atom is -0.493 e. The van der Waals surface area contributed by atoms with E-state index in [1.165, 1.54) is 21.3 Å². The van der Waals surface area contributed by atoms with Crippen LogP contribution in [0, 0.1) is 0 Å². The molecule has 0 N–H and O–H groups in total. The fraction of sp³-hybridized carbons (Fsp3) is 0.250. The summed E-state index contributed by atoms with van der Waals surface area (Å²) < 4.78 is 15.5. The largest absolute Gasteiger partial charge is 0.493 e. The summed E-state index contributed by atoms with van der Waals surface area (Å²) >= 11 is 0. The summed E-state index contributed by atoms with van der Waals surface area (Å²) in [4.78, 5) is 10.6. The maximum absolute atomic E-state index is 10.6. The third-order valence-corrected chi connectivity index (χ3v) is 2.18. The molecule has 0 aliphatic carbocycles. The van der Waals surface area contributed by atoms with Crippen molar-refractivity contribution in [3.8, 4) is 17.2 Å². The summed E-state index contributed by atoms with van der Waals surface area (Å²) in [5, 5.41) is 0. The van der Waals surface area contributed by atoms with Gasteiger partial charge in [0.05, 0.1) is 21.3 Å². The molecular formula is C12H14O4. The lowest BCUT2D eigenvalue weighted by Crippen LogP contribution is -1.97. The Hall–Kier alpha value is -1.97. The topological polar surface area (TPSA) is 44.8 Å². The zero-order valence-corrected chi connectivity index (χ0v) is 9.57. The molecule has 0 atom stereocenters. The van der Waals surface area contributed by atoms with Gasteiger partial charge in [-0.1, -0.05) is 6.58 Å². The molecule has 0 saturated carbocycles. The molecule has 0 aliphatic rings. The van der Waals surface area contributed by atoms with Gasteiger partial charge in [-0.2, -0.15) is 0 Å². The number of hydrogen-bond acceptors (Lipinski definition) is 4. The summed E-state index contributed by atoms with van der Waals surface area (Å²) in [7, 11) is 4.56. The van der Waals surface area contributed by atoms with E-state index < -0.39 is 0 Å². The highest BCUT2D eigenvalue weighted by Gasteiger charge is 2.13. The zero-order chi connectivity index (χ0) is 12.1. The summed E-state index contributed by atoms with van der Waals surface area (Å²) in [6.07, 6.45) is 0.681. The molecule has 0 fully saturated rings. The lowest BCUT2D eigenvalue weighted by molar-refractivity contribution is -0.103. The number of allylic oxidation sites excluding steroid dienone is 1. The Labute approximate surface area is 94.4 Å². The Morgan fingerprint density at radius 1 is 1.12 bits per heavy atom. The van der Waals surface area contributed by atoms with E-state index in [1.54, 1.807) is 12.1 Å². The predicted octanol–water partition coefficient (Wildman–Crippen LogP) is 1.92. The molecule has 4 nitrogen and oxygen atoms in total. The lowest BCUT2D eigenvalue weighted by atomic mass is 10.1. The number of benzene rings is 1. The van der Waals surface area contributed by atoms with Gasteiger partial charge in [0, 0.05) is 5.57 Å². The molecule has 0 bridgehead atoms. The highest BCUT2D eigenvalue weighted by molar-refractivity contribution is 6.06. The van der Waals surface area contributed by atoms with E-state index in [0.29, 0.717) is 34.7 Å². The smallest absolute Gasteiger partial charge is 0.203 e. The second-order valence-corrected chi connectivity index (χ2v) is 3.06. The van der Waals surface area contributed by atoms with E-state index in [9.17, 15) is 4.79 Å². The molecule has 1 rings (SSSR count). The Bertz CT molecular complexity index is 384. The minimum absolute atomic E-state index is 0.360. The Balaban J connectivity index is 3.36. The van der Waals surface area contributed by atoms with E-state index in [-0.39, 0.29) is 0 Å². The van der Waals surface area contributed by atoms with Crippen LogP contribution in [0.15, 0.2) is 18.7 Å². The van der Waals surface area contributed by atoms with Crippen molar-refractivity contribution >= 4 is 11.9 Å². The molecule has 0 heterocycles. The molecule has 0 aliphatic heterocycles. The Morgan fingerprint density at radius 2 is 1.62 bits per heavy atom. The van der Waals surface area contributed by atoms with Crippen molar-refractivity contribution in [2.24, 2.45) is 0 Å². The Kier molecular flexibility index (Phi) is 3.94. The maximum Gasteiger partial charge on any atom is 0.203 e. The van der Waals surface area contributed by atoms with Crippen LogP contribution in [0.2, 0.25) is 0 Å². The first kappa shape index (κ1) is 12.1.